The predicted molar refractivity (Wildman–Crippen MR) is 136 cm³/mol. The Kier molecular flexibility index (Phi) is 19.3. The van der Waals surface area contributed by atoms with Gasteiger partial charge in [-0.2, -0.15) is 0 Å². The Morgan fingerprint density at radius 3 is 1.69 bits per heavy atom. The molecule has 0 unspecified atom stereocenters. The molecule has 0 saturated carbocycles. The van der Waals surface area contributed by atoms with Crippen molar-refractivity contribution in [2.24, 2.45) is 0 Å². The molecule has 0 spiro atoms. The molecule has 0 amide bonds. The van der Waals surface area contributed by atoms with Crippen LogP contribution in [0.1, 0.15) is 22.5 Å². The fraction of sp³-hybridized carbons (Fsp3) is 0.429. The van der Waals surface area contributed by atoms with Gasteiger partial charge in [-0.15, -0.1) is 0 Å². The molecule has 0 saturated heterocycles. The molecule has 0 bridgehead atoms. The molecule has 0 radical (unpaired) electrons. The Morgan fingerprint density at radius 1 is 1.04 bits per heavy atom. The summed E-state index contributed by atoms with van der Waals surface area (Å²) >= 11 is 9.54. The Hall–Kier alpha value is 1.21. The molecule has 0 aromatic carbocycles. The number of hydrogen-bond donors (Lipinski definition) is 2. The van der Waals surface area contributed by atoms with E-state index in [1.165, 1.54) is 7.11 Å². The van der Waals surface area contributed by atoms with Crippen LogP contribution >= 0.6 is 74.5 Å². The summed E-state index contributed by atoms with van der Waals surface area (Å²) in [6, 6.07) is 2.05. The van der Waals surface area contributed by atoms with Crippen LogP contribution in [-0.4, -0.2) is 29.1 Å². The number of methoxy groups -OCH3 is 2. The first-order valence-electron chi connectivity index (χ1n) is 6.82. The average Bonchev–Trinajstić information content (AvgIpc) is 3.07. The van der Waals surface area contributed by atoms with Crippen LogP contribution in [0.4, 0.5) is 5.69 Å². The van der Waals surface area contributed by atoms with Crippen LogP contribution < -0.4 is 22.7 Å². The number of hydrogen-bond acceptors (Lipinski definition) is 4. The van der Waals surface area contributed by atoms with E-state index in [0.717, 1.165) is 17.1 Å². The Bertz CT molecular complexity index is 661. The second-order valence-electron chi connectivity index (χ2n) is 4.74. The second kappa shape index (κ2) is 17.1. The van der Waals surface area contributed by atoms with Gasteiger partial charge in [-0.25, -0.2) is 0 Å². The summed E-state index contributed by atoms with van der Waals surface area (Å²) in [5, 5.41) is 10.5. The minimum absolute atomic E-state index is 0.104. The summed E-state index contributed by atoms with van der Waals surface area (Å²) in [6.07, 6.45) is 0. The summed E-state index contributed by atoms with van der Waals surface area (Å²) in [7, 11) is 3.14. The number of aromatic nitrogens is 2. The van der Waals surface area contributed by atoms with E-state index in [1.807, 2.05) is 13.8 Å². The maximum atomic E-state index is 10.5. The molecule has 0 aliphatic rings. The van der Waals surface area contributed by atoms with Crippen LogP contribution in [0, 0.1) is 37.8 Å². The van der Waals surface area contributed by atoms with Gasteiger partial charge in [0.25, 0.3) is 5.69 Å². The Labute approximate surface area is 207 Å². The molecule has 0 atom stereocenters. The average molecular weight is 930 g/mol. The molecule has 2 aromatic heterocycles. The molecule has 2 N–H and O–H groups in total. The zero-order chi connectivity index (χ0) is 20.9. The molecule has 26 heavy (non-hydrogen) atoms. The Balaban J connectivity index is 0. The van der Waals surface area contributed by atoms with Gasteiger partial charge in [0.05, 0.1) is 30.4 Å². The second-order valence-corrected chi connectivity index (χ2v) is 21.0. The first-order valence-corrected chi connectivity index (χ1v) is 25.7. The molecule has 2 aromatic rings. The summed E-state index contributed by atoms with van der Waals surface area (Å²) in [5.41, 5.74) is 3.47. The van der Waals surface area contributed by atoms with Gasteiger partial charge in [0.2, 0.25) is 5.88 Å². The van der Waals surface area contributed by atoms with Crippen LogP contribution in [0.2, 0.25) is 0 Å². The number of aromatic amines is 2. The van der Waals surface area contributed by atoms with E-state index >= 15 is 0 Å². The molecule has 2 heterocycles. The third kappa shape index (κ3) is 10.7. The molecule has 12 heteroatoms. The van der Waals surface area contributed by atoms with Crippen molar-refractivity contribution in [3.63, 3.8) is 0 Å². The first kappa shape index (κ1) is 29.4. The summed E-state index contributed by atoms with van der Waals surface area (Å²) in [5.74, 6) is 1.33. The van der Waals surface area contributed by atoms with E-state index in [1.54, 1.807) is 21.0 Å². The third-order valence-electron chi connectivity index (χ3n) is 3.04. The van der Waals surface area contributed by atoms with Crippen LogP contribution in [0.15, 0.2) is 6.07 Å². The Morgan fingerprint density at radius 2 is 1.50 bits per heavy atom. The molecule has 0 aliphatic carbocycles. The molecular weight excluding hydrogens is 909 g/mol. The number of H-pyrrole nitrogens is 2. The van der Waals surface area contributed by atoms with Crippen LogP contribution in [0.5, 0.6) is 11.8 Å². The van der Waals surface area contributed by atoms with Gasteiger partial charge >= 0.3 is 50.5 Å². The van der Waals surface area contributed by atoms with E-state index < -0.39 is 4.92 Å². The number of halogens is 5. The minimum atomic E-state index is -0.413. The maximum absolute atomic E-state index is 10.5. The summed E-state index contributed by atoms with van der Waals surface area (Å²) < 4.78 is 9.91. The monoisotopic (exact) mass is 930 g/mol. The summed E-state index contributed by atoms with van der Waals surface area (Å²) in [6.45, 7) is 7.33. The molecule has 0 fully saturated rings. The zero-order valence-corrected chi connectivity index (χ0v) is 25.8. The van der Waals surface area contributed by atoms with Crippen molar-refractivity contribution < 1.29 is 27.7 Å². The molecule has 7 nitrogen and oxygen atoms in total. The quantitative estimate of drug-likeness (QED) is 0.279. The van der Waals surface area contributed by atoms with E-state index in [4.69, 9.17) is 9.47 Å². The molecular formula is C14H21I5N3O4-. The normalized spacial score (nSPS) is 9.00. The van der Waals surface area contributed by atoms with Crippen LogP contribution in [0.3, 0.4) is 0 Å². The van der Waals surface area contributed by atoms with E-state index in [9.17, 15) is 10.1 Å². The van der Waals surface area contributed by atoms with Gasteiger partial charge < -0.3 is 19.4 Å². The first-order chi connectivity index (χ1) is 12.2. The van der Waals surface area contributed by atoms with Crippen molar-refractivity contribution in [3.05, 3.63) is 38.7 Å². The van der Waals surface area contributed by atoms with Crippen LogP contribution in [-0.2, 0) is 0 Å². The summed E-state index contributed by atoms with van der Waals surface area (Å²) in [4.78, 5) is 15.9. The number of aryl methyl sites for hydroxylation is 3. The van der Waals surface area contributed by atoms with Gasteiger partial charge in [0.1, 0.15) is 0 Å². The van der Waals surface area contributed by atoms with Gasteiger partial charge in [0, 0.05) is 48.5 Å². The number of nitrogens with one attached hydrogen (secondary N) is 2. The van der Waals surface area contributed by atoms with Crippen molar-refractivity contribution in [3.8, 4) is 11.8 Å². The zero-order valence-electron chi connectivity index (χ0n) is 15.0. The SMILES string of the molecule is COc1[nH]c(C)c([N+](=O)[O-])c1C.COc1[nH]c(C)cc1C.II.I[I-]I. The van der Waals surface area contributed by atoms with Gasteiger partial charge in [-0.1, -0.05) is 0 Å². The van der Waals surface area contributed by atoms with Gasteiger partial charge in [0.15, 0.2) is 5.88 Å². The van der Waals surface area contributed by atoms with Gasteiger partial charge in [-0.05, 0) is 33.8 Å². The standard InChI is InChI=1S/C7H10N2O3.C7H11NO.I3.I2/c1-4-6(9(10)11)5(2)8-7(4)12-3;1-5-4-6(2)8-7(5)9-3;1-3-2;1-2/h8H,1-3H3;4,8H,1-3H3;;/q;;-1;. The van der Waals surface area contributed by atoms with Crippen molar-refractivity contribution in [1.29, 1.82) is 0 Å². The number of nitro groups is 1. The van der Waals surface area contributed by atoms with E-state index in [-0.39, 0.29) is 5.69 Å². The molecule has 2 rings (SSSR count). The van der Waals surface area contributed by atoms with Crippen LogP contribution in [0.25, 0.3) is 0 Å². The van der Waals surface area contributed by atoms with Crippen molar-refractivity contribution in [2.45, 2.75) is 27.7 Å². The fourth-order valence-corrected chi connectivity index (χ4v) is 2.11. The van der Waals surface area contributed by atoms with Crippen molar-refractivity contribution >= 4 is 80.2 Å². The number of rotatable bonds is 3. The van der Waals surface area contributed by atoms with E-state index in [2.05, 4.69) is 90.5 Å². The van der Waals surface area contributed by atoms with Crippen molar-refractivity contribution in [1.82, 2.24) is 9.97 Å². The predicted octanol–water partition coefficient (Wildman–Crippen LogP) is 3.74. The fourth-order valence-electron chi connectivity index (χ4n) is 2.11. The van der Waals surface area contributed by atoms with Crippen molar-refractivity contribution in [2.75, 3.05) is 14.2 Å². The third-order valence-corrected chi connectivity index (χ3v) is 3.04. The van der Waals surface area contributed by atoms with E-state index in [0.29, 0.717) is 30.4 Å². The number of nitrogens with zero attached hydrogens (tertiary/aromatic N) is 1. The number of ether oxygens (including phenoxy) is 2. The topological polar surface area (TPSA) is 93.2 Å². The molecule has 0 aliphatic heterocycles. The van der Waals surface area contributed by atoms with Gasteiger partial charge in [-0.3, -0.25) is 10.1 Å². The molecule has 152 valence electrons.